The van der Waals surface area contributed by atoms with E-state index in [9.17, 15) is 4.79 Å². The average molecular weight is 329 g/mol. The Labute approximate surface area is 141 Å². The first-order valence-corrected chi connectivity index (χ1v) is 8.19. The molecule has 0 radical (unpaired) electrons. The van der Waals surface area contributed by atoms with E-state index in [1.807, 2.05) is 49.9 Å². The molecular formula is C18H23N3O3. The normalized spacial score (nSPS) is 18.0. The molecule has 2 heterocycles. The van der Waals surface area contributed by atoms with Gasteiger partial charge >= 0.3 is 0 Å². The zero-order chi connectivity index (χ0) is 17.3. The predicted molar refractivity (Wildman–Crippen MR) is 89.4 cm³/mol. The number of hydrogen-bond acceptors (Lipinski definition) is 5. The average Bonchev–Trinajstić information content (AvgIpc) is 3.22. The number of carbonyl (C=O) groups excluding carboxylic acids is 1. The molecule has 1 aliphatic heterocycles. The zero-order valence-corrected chi connectivity index (χ0v) is 14.6. The van der Waals surface area contributed by atoms with E-state index in [-0.39, 0.29) is 11.9 Å². The standard InChI is InChI=1S/C18H23N3O3/c1-18(2,3)17(22)21-10-6-9-14(21)16-19-15(20-24-16)12-7-5-8-13(11-12)23-4/h5,7-8,11,14H,6,9-10H2,1-4H3/t14-/m1/s1. The van der Waals surface area contributed by atoms with Gasteiger partial charge in [0.1, 0.15) is 11.8 Å². The van der Waals surface area contributed by atoms with E-state index in [4.69, 9.17) is 9.26 Å². The molecule has 24 heavy (non-hydrogen) atoms. The summed E-state index contributed by atoms with van der Waals surface area (Å²) in [7, 11) is 1.62. The molecule has 1 aliphatic rings. The van der Waals surface area contributed by atoms with Gasteiger partial charge in [0.05, 0.1) is 7.11 Å². The maximum Gasteiger partial charge on any atom is 0.249 e. The van der Waals surface area contributed by atoms with Crippen LogP contribution in [-0.4, -0.2) is 34.6 Å². The molecular weight excluding hydrogens is 306 g/mol. The van der Waals surface area contributed by atoms with E-state index in [1.165, 1.54) is 0 Å². The molecule has 0 saturated carbocycles. The van der Waals surface area contributed by atoms with Crippen molar-refractivity contribution in [2.24, 2.45) is 5.41 Å². The van der Waals surface area contributed by atoms with E-state index in [1.54, 1.807) is 7.11 Å². The molecule has 1 aromatic heterocycles. The maximum absolute atomic E-state index is 12.6. The van der Waals surface area contributed by atoms with Crippen molar-refractivity contribution in [3.05, 3.63) is 30.2 Å². The van der Waals surface area contributed by atoms with Crippen LogP contribution in [0.15, 0.2) is 28.8 Å². The van der Waals surface area contributed by atoms with Gasteiger partial charge in [0.15, 0.2) is 0 Å². The van der Waals surface area contributed by atoms with Crippen LogP contribution in [0.1, 0.15) is 45.5 Å². The van der Waals surface area contributed by atoms with Crippen LogP contribution >= 0.6 is 0 Å². The van der Waals surface area contributed by atoms with E-state index < -0.39 is 5.41 Å². The highest BCUT2D eigenvalue weighted by atomic mass is 16.5. The van der Waals surface area contributed by atoms with Crippen LogP contribution in [-0.2, 0) is 4.79 Å². The summed E-state index contributed by atoms with van der Waals surface area (Å²) in [6.45, 7) is 6.53. The van der Waals surface area contributed by atoms with Gasteiger partial charge < -0.3 is 14.2 Å². The lowest BCUT2D eigenvalue weighted by atomic mass is 9.94. The monoisotopic (exact) mass is 329 g/mol. The van der Waals surface area contributed by atoms with Crippen LogP contribution < -0.4 is 4.74 Å². The van der Waals surface area contributed by atoms with Crippen LogP contribution in [0.5, 0.6) is 5.75 Å². The largest absolute Gasteiger partial charge is 0.497 e. The number of amides is 1. The molecule has 1 saturated heterocycles. The first-order valence-electron chi connectivity index (χ1n) is 8.19. The van der Waals surface area contributed by atoms with Crippen molar-refractivity contribution in [3.63, 3.8) is 0 Å². The van der Waals surface area contributed by atoms with E-state index in [2.05, 4.69) is 10.1 Å². The van der Waals surface area contributed by atoms with Gasteiger partial charge in [-0.05, 0) is 25.0 Å². The van der Waals surface area contributed by atoms with Gasteiger partial charge in [-0.15, -0.1) is 0 Å². The third kappa shape index (κ3) is 3.13. The van der Waals surface area contributed by atoms with Crippen molar-refractivity contribution in [3.8, 4) is 17.1 Å². The number of hydrogen-bond donors (Lipinski definition) is 0. The van der Waals surface area contributed by atoms with E-state index in [0.29, 0.717) is 11.7 Å². The molecule has 0 bridgehead atoms. The minimum absolute atomic E-state index is 0.117. The first-order chi connectivity index (χ1) is 11.4. The Morgan fingerprint density at radius 1 is 1.38 bits per heavy atom. The third-order valence-corrected chi connectivity index (χ3v) is 4.21. The summed E-state index contributed by atoms with van der Waals surface area (Å²) in [6, 6.07) is 7.38. The molecule has 6 heteroatoms. The lowest BCUT2D eigenvalue weighted by Crippen LogP contribution is -2.39. The van der Waals surface area contributed by atoms with Crippen molar-refractivity contribution in [1.29, 1.82) is 0 Å². The number of ether oxygens (including phenoxy) is 1. The SMILES string of the molecule is COc1cccc(-c2noc([C@H]3CCCN3C(=O)C(C)(C)C)n2)c1. The van der Waals surface area contributed by atoms with Gasteiger partial charge in [-0.2, -0.15) is 4.98 Å². The summed E-state index contributed by atoms with van der Waals surface area (Å²) in [5.74, 6) is 1.87. The Morgan fingerprint density at radius 2 is 2.17 bits per heavy atom. The number of rotatable bonds is 3. The van der Waals surface area contributed by atoms with Crippen molar-refractivity contribution in [1.82, 2.24) is 15.0 Å². The fourth-order valence-electron chi connectivity index (χ4n) is 2.95. The lowest BCUT2D eigenvalue weighted by Gasteiger charge is -2.29. The highest BCUT2D eigenvalue weighted by Gasteiger charge is 2.38. The summed E-state index contributed by atoms with van der Waals surface area (Å²) >= 11 is 0. The highest BCUT2D eigenvalue weighted by Crippen LogP contribution is 2.35. The van der Waals surface area contributed by atoms with Crippen LogP contribution in [0.25, 0.3) is 11.4 Å². The molecule has 0 N–H and O–H groups in total. The Hall–Kier alpha value is -2.37. The molecule has 1 fully saturated rings. The molecule has 2 aromatic rings. The fourth-order valence-corrected chi connectivity index (χ4v) is 2.95. The number of methoxy groups -OCH3 is 1. The van der Waals surface area contributed by atoms with Crippen LogP contribution in [0.3, 0.4) is 0 Å². The molecule has 0 aliphatic carbocycles. The second kappa shape index (κ2) is 6.26. The second-order valence-electron chi connectivity index (χ2n) is 7.09. The lowest BCUT2D eigenvalue weighted by molar-refractivity contribution is -0.140. The Kier molecular flexibility index (Phi) is 4.30. The Balaban J connectivity index is 1.85. The third-order valence-electron chi connectivity index (χ3n) is 4.21. The van der Waals surface area contributed by atoms with Gasteiger partial charge in [0.2, 0.25) is 17.6 Å². The summed E-state index contributed by atoms with van der Waals surface area (Å²) < 4.78 is 10.7. The smallest absolute Gasteiger partial charge is 0.249 e. The summed E-state index contributed by atoms with van der Waals surface area (Å²) in [5, 5.41) is 4.08. The van der Waals surface area contributed by atoms with Crippen molar-refractivity contribution in [2.75, 3.05) is 13.7 Å². The summed E-state index contributed by atoms with van der Waals surface area (Å²) in [5.41, 5.74) is 0.411. The minimum atomic E-state index is -0.418. The van der Waals surface area contributed by atoms with Crippen LogP contribution in [0.2, 0.25) is 0 Å². The van der Waals surface area contributed by atoms with Gasteiger partial charge in [-0.25, -0.2) is 0 Å². The number of nitrogens with zero attached hydrogens (tertiary/aromatic N) is 3. The summed E-state index contributed by atoms with van der Waals surface area (Å²) in [6.07, 6.45) is 1.80. The zero-order valence-electron chi connectivity index (χ0n) is 14.6. The first kappa shape index (κ1) is 16.5. The number of aromatic nitrogens is 2. The molecule has 0 spiro atoms. The minimum Gasteiger partial charge on any atom is -0.497 e. The number of carbonyl (C=O) groups is 1. The van der Waals surface area contributed by atoms with Gasteiger partial charge in [-0.1, -0.05) is 38.1 Å². The second-order valence-corrected chi connectivity index (χ2v) is 7.09. The molecule has 128 valence electrons. The van der Waals surface area contributed by atoms with Crippen molar-refractivity contribution >= 4 is 5.91 Å². The van der Waals surface area contributed by atoms with Crippen LogP contribution in [0.4, 0.5) is 0 Å². The molecule has 6 nitrogen and oxygen atoms in total. The Morgan fingerprint density at radius 3 is 2.88 bits per heavy atom. The van der Waals surface area contributed by atoms with Gasteiger partial charge in [-0.3, -0.25) is 4.79 Å². The van der Waals surface area contributed by atoms with Crippen molar-refractivity contribution in [2.45, 2.75) is 39.7 Å². The fraction of sp³-hybridized carbons (Fsp3) is 0.500. The molecule has 1 amide bonds. The molecule has 0 unspecified atom stereocenters. The topological polar surface area (TPSA) is 68.5 Å². The summed E-state index contributed by atoms with van der Waals surface area (Å²) in [4.78, 5) is 19.0. The molecule has 3 rings (SSSR count). The number of likely N-dealkylation sites (tertiary alicyclic amines) is 1. The number of benzene rings is 1. The Bertz CT molecular complexity index is 733. The van der Waals surface area contributed by atoms with Crippen LogP contribution in [0, 0.1) is 5.41 Å². The predicted octanol–water partition coefficient (Wildman–Crippen LogP) is 3.45. The van der Waals surface area contributed by atoms with Crippen molar-refractivity contribution < 1.29 is 14.1 Å². The quantitative estimate of drug-likeness (QED) is 0.862. The highest BCUT2D eigenvalue weighted by molar-refractivity contribution is 5.82. The van der Waals surface area contributed by atoms with E-state index >= 15 is 0 Å². The molecule has 1 aromatic carbocycles. The molecule has 1 atom stereocenters. The maximum atomic E-state index is 12.6. The van der Waals surface area contributed by atoms with Gasteiger partial charge in [0, 0.05) is 17.5 Å². The van der Waals surface area contributed by atoms with E-state index in [0.717, 1.165) is 30.7 Å². The van der Waals surface area contributed by atoms with Gasteiger partial charge in [0.25, 0.3) is 0 Å².